The van der Waals surface area contributed by atoms with E-state index in [-0.39, 0.29) is 23.8 Å². The maximum Gasteiger partial charge on any atom is 0.259 e. The number of carbonyl (C=O) groups excluding carboxylic acids is 4. The van der Waals surface area contributed by atoms with Crippen LogP contribution in [0.15, 0.2) is 42.5 Å². The molecule has 2 aromatic carbocycles. The number of benzene rings is 2. The summed E-state index contributed by atoms with van der Waals surface area (Å²) in [4.78, 5) is 52.8. The Morgan fingerprint density at radius 3 is 2.32 bits per heavy atom. The molecular formula is C23H22N4O4. The van der Waals surface area contributed by atoms with Gasteiger partial charge in [-0.2, -0.15) is 0 Å². The lowest BCUT2D eigenvalue weighted by atomic mass is 10.1. The summed E-state index contributed by atoms with van der Waals surface area (Å²) in [6.07, 6.45) is 2.53. The molecule has 0 saturated carbocycles. The molecule has 0 aliphatic carbocycles. The molecule has 5 rings (SSSR count). The predicted octanol–water partition coefficient (Wildman–Crippen LogP) is 2.16. The third-order valence-corrected chi connectivity index (χ3v) is 6.13. The van der Waals surface area contributed by atoms with Gasteiger partial charge in [0.1, 0.15) is 0 Å². The number of nitrogens with one attached hydrogen (secondary N) is 2. The summed E-state index contributed by atoms with van der Waals surface area (Å²) in [6.45, 7) is 2.42. The molecule has 8 heteroatoms. The highest BCUT2D eigenvalue weighted by atomic mass is 16.2. The monoisotopic (exact) mass is 418 g/mol. The number of imide groups is 1. The summed E-state index contributed by atoms with van der Waals surface area (Å²) in [7, 11) is 0. The maximum absolute atomic E-state index is 12.7. The third-order valence-electron chi connectivity index (χ3n) is 6.13. The molecule has 4 amide bonds. The minimum atomic E-state index is -0.491. The summed E-state index contributed by atoms with van der Waals surface area (Å²) in [5.74, 6) is -1.78. The molecule has 3 aliphatic heterocycles. The second-order valence-electron chi connectivity index (χ2n) is 8.15. The lowest BCUT2D eigenvalue weighted by molar-refractivity contribution is -0.122. The molecule has 0 aromatic heterocycles. The van der Waals surface area contributed by atoms with Crippen molar-refractivity contribution in [3.8, 4) is 0 Å². The topological polar surface area (TPSA) is 98.8 Å². The Hall–Kier alpha value is -3.68. The van der Waals surface area contributed by atoms with Gasteiger partial charge in [0.2, 0.25) is 11.8 Å². The summed E-state index contributed by atoms with van der Waals surface area (Å²) >= 11 is 0. The van der Waals surface area contributed by atoms with Gasteiger partial charge >= 0.3 is 0 Å². The normalized spacial score (nSPS) is 20.3. The van der Waals surface area contributed by atoms with E-state index in [1.807, 2.05) is 24.3 Å². The van der Waals surface area contributed by atoms with E-state index in [2.05, 4.69) is 15.5 Å². The minimum Gasteiger partial charge on any atom is -0.372 e. The van der Waals surface area contributed by atoms with Crippen LogP contribution in [0.3, 0.4) is 0 Å². The van der Waals surface area contributed by atoms with Crippen LogP contribution in [0.25, 0.3) is 0 Å². The van der Waals surface area contributed by atoms with Crippen molar-refractivity contribution in [3.05, 3.63) is 53.6 Å². The van der Waals surface area contributed by atoms with Crippen LogP contribution in [-0.4, -0.2) is 43.3 Å². The van der Waals surface area contributed by atoms with Gasteiger partial charge in [0.25, 0.3) is 11.8 Å². The van der Waals surface area contributed by atoms with Crippen LogP contribution in [0.1, 0.15) is 40.0 Å². The Morgan fingerprint density at radius 2 is 1.58 bits per heavy atom. The highest BCUT2D eigenvalue weighted by Crippen LogP contribution is 2.29. The molecule has 3 aliphatic rings. The van der Waals surface area contributed by atoms with Crippen molar-refractivity contribution in [2.45, 2.75) is 19.3 Å². The number of fused-ring (bicyclic) bond motifs is 1. The van der Waals surface area contributed by atoms with E-state index < -0.39 is 17.7 Å². The van der Waals surface area contributed by atoms with E-state index in [4.69, 9.17) is 0 Å². The van der Waals surface area contributed by atoms with E-state index in [0.29, 0.717) is 17.8 Å². The Labute approximate surface area is 179 Å². The Bertz CT molecular complexity index is 1090. The van der Waals surface area contributed by atoms with Crippen molar-refractivity contribution in [1.29, 1.82) is 0 Å². The van der Waals surface area contributed by atoms with Crippen molar-refractivity contribution >= 4 is 40.7 Å². The van der Waals surface area contributed by atoms with E-state index in [0.717, 1.165) is 24.5 Å². The van der Waals surface area contributed by atoms with Gasteiger partial charge < -0.3 is 15.1 Å². The first kappa shape index (κ1) is 19.3. The van der Waals surface area contributed by atoms with E-state index in [1.165, 1.54) is 25.0 Å². The number of anilines is 3. The van der Waals surface area contributed by atoms with E-state index in [1.54, 1.807) is 11.0 Å². The molecule has 0 radical (unpaired) electrons. The zero-order valence-electron chi connectivity index (χ0n) is 16.9. The van der Waals surface area contributed by atoms with Crippen LogP contribution in [-0.2, 0) is 9.59 Å². The molecular weight excluding hydrogens is 396 g/mol. The van der Waals surface area contributed by atoms with Crippen molar-refractivity contribution in [3.63, 3.8) is 0 Å². The fourth-order valence-electron chi connectivity index (χ4n) is 4.44. The number of rotatable bonds is 4. The first-order valence-corrected chi connectivity index (χ1v) is 10.5. The van der Waals surface area contributed by atoms with Gasteiger partial charge in [0.05, 0.1) is 17.0 Å². The Morgan fingerprint density at radius 1 is 0.903 bits per heavy atom. The first-order chi connectivity index (χ1) is 15.0. The molecule has 1 unspecified atom stereocenters. The highest BCUT2D eigenvalue weighted by molar-refractivity contribution is 6.22. The largest absolute Gasteiger partial charge is 0.372 e. The van der Waals surface area contributed by atoms with Crippen molar-refractivity contribution in [2.24, 2.45) is 5.92 Å². The molecule has 2 aromatic rings. The molecule has 2 fully saturated rings. The van der Waals surface area contributed by atoms with Crippen LogP contribution >= 0.6 is 0 Å². The van der Waals surface area contributed by atoms with E-state index >= 15 is 0 Å². The number of hydrogen-bond acceptors (Lipinski definition) is 5. The van der Waals surface area contributed by atoms with E-state index in [9.17, 15) is 19.2 Å². The van der Waals surface area contributed by atoms with Crippen LogP contribution in [0.2, 0.25) is 0 Å². The molecule has 1 atom stereocenters. The van der Waals surface area contributed by atoms with Gasteiger partial charge in [-0.25, -0.2) is 0 Å². The molecule has 2 saturated heterocycles. The standard InChI is InChI=1S/C23H22N4O4/c28-20-11-14(13-27(20)17-6-4-16(5-7-17)26-9-1-2-10-26)21(29)24-15-3-8-18-19(12-15)23(31)25-22(18)30/h3-8,12,14H,1-2,9-11,13H2,(H,24,29)(H,25,30,31). The fourth-order valence-corrected chi connectivity index (χ4v) is 4.44. The molecule has 8 nitrogen and oxygen atoms in total. The van der Waals surface area contributed by atoms with Gasteiger partial charge in [0, 0.05) is 43.1 Å². The molecule has 3 heterocycles. The Balaban J connectivity index is 1.26. The van der Waals surface area contributed by atoms with Crippen molar-refractivity contribution in [1.82, 2.24) is 5.32 Å². The average molecular weight is 418 g/mol. The van der Waals surface area contributed by atoms with Crippen LogP contribution in [0, 0.1) is 5.92 Å². The fraction of sp³-hybridized carbons (Fsp3) is 0.304. The SMILES string of the molecule is O=C1NC(=O)c2cc(NC(=O)C3CC(=O)N(c4ccc(N5CCCC5)cc4)C3)ccc21. The number of amides is 4. The van der Waals surface area contributed by atoms with Crippen molar-refractivity contribution in [2.75, 3.05) is 34.8 Å². The number of carbonyl (C=O) groups is 4. The van der Waals surface area contributed by atoms with Gasteiger partial charge in [-0.05, 0) is 55.3 Å². The Kier molecular flexibility index (Phi) is 4.69. The second-order valence-corrected chi connectivity index (χ2v) is 8.15. The minimum absolute atomic E-state index is 0.0898. The van der Waals surface area contributed by atoms with Gasteiger partial charge in [-0.15, -0.1) is 0 Å². The molecule has 0 bridgehead atoms. The average Bonchev–Trinajstić information content (AvgIpc) is 3.49. The smallest absolute Gasteiger partial charge is 0.259 e. The molecule has 0 spiro atoms. The molecule has 158 valence electrons. The van der Waals surface area contributed by atoms with Crippen LogP contribution in [0.5, 0.6) is 0 Å². The van der Waals surface area contributed by atoms with Gasteiger partial charge in [-0.1, -0.05) is 0 Å². The zero-order chi connectivity index (χ0) is 21.5. The lowest BCUT2D eigenvalue weighted by Gasteiger charge is -2.20. The van der Waals surface area contributed by atoms with Crippen LogP contribution in [0.4, 0.5) is 17.1 Å². The highest BCUT2D eigenvalue weighted by Gasteiger charge is 2.35. The molecule has 31 heavy (non-hydrogen) atoms. The van der Waals surface area contributed by atoms with Crippen molar-refractivity contribution < 1.29 is 19.2 Å². The summed E-state index contributed by atoms with van der Waals surface area (Å²) in [5, 5.41) is 5.00. The number of hydrogen-bond donors (Lipinski definition) is 2. The lowest BCUT2D eigenvalue weighted by Crippen LogP contribution is -2.28. The van der Waals surface area contributed by atoms with Crippen LogP contribution < -0.4 is 20.4 Å². The second kappa shape index (κ2) is 7.54. The maximum atomic E-state index is 12.7. The third kappa shape index (κ3) is 3.54. The van der Waals surface area contributed by atoms with Gasteiger partial charge in [0.15, 0.2) is 0 Å². The van der Waals surface area contributed by atoms with Gasteiger partial charge in [-0.3, -0.25) is 24.5 Å². The zero-order valence-corrected chi connectivity index (χ0v) is 16.9. The number of nitrogens with zero attached hydrogens (tertiary/aromatic N) is 2. The predicted molar refractivity (Wildman–Crippen MR) is 115 cm³/mol. The summed E-state index contributed by atoms with van der Waals surface area (Å²) in [5.41, 5.74) is 2.90. The summed E-state index contributed by atoms with van der Waals surface area (Å²) in [6, 6.07) is 12.5. The first-order valence-electron chi connectivity index (χ1n) is 10.5. The summed E-state index contributed by atoms with van der Waals surface area (Å²) < 4.78 is 0. The molecule has 2 N–H and O–H groups in total. The quantitative estimate of drug-likeness (QED) is 0.742.